The smallest absolute Gasteiger partial charge is 0.236 e. The lowest BCUT2D eigenvalue weighted by Gasteiger charge is -2.26. The van der Waals surface area contributed by atoms with Gasteiger partial charge in [0.15, 0.2) is 0 Å². The van der Waals surface area contributed by atoms with Gasteiger partial charge in [-0.3, -0.25) is 4.79 Å². The van der Waals surface area contributed by atoms with E-state index in [2.05, 4.69) is 35.3 Å². The lowest BCUT2D eigenvalue weighted by atomic mass is 10.1. The largest absolute Gasteiger partial charge is 0.354 e. The summed E-state index contributed by atoms with van der Waals surface area (Å²) in [6.07, 6.45) is 8.99. The molecule has 0 spiro atoms. The molecule has 19 heavy (non-hydrogen) atoms. The summed E-state index contributed by atoms with van der Waals surface area (Å²) < 4.78 is 2.20. The molecular formula is C15H25N3O. The molecule has 1 saturated heterocycles. The zero-order valence-electron chi connectivity index (χ0n) is 11.9. The topological polar surface area (TPSA) is 37.3 Å². The van der Waals surface area contributed by atoms with E-state index in [1.807, 2.05) is 4.90 Å². The number of nitrogens with one attached hydrogen (secondary N) is 1. The van der Waals surface area contributed by atoms with Crippen LogP contribution in [0.1, 0.15) is 38.2 Å². The van der Waals surface area contributed by atoms with Gasteiger partial charge in [0.25, 0.3) is 0 Å². The van der Waals surface area contributed by atoms with E-state index in [1.54, 1.807) is 0 Å². The number of carbonyl (C=O) groups excluding carboxylic acids is 1. The molecule has 1 aliphatic rings. The van der Waals surface area contributed by atoms with Crippen LogP contribution in [0.4, 0.5) is 0 Å². The maximum absolute atomic E-state index is 12.0. The maximum Gasteiger partial charge on any atom is 0.236 e. The molecule has 0 saturated carbocycles. The lowest BCUT2D eigenvalue weighted by molar-refractivity contribution is -0.131. The van der Waals surface area contributed by atoms with E-state index in [0.717, 1.165) is 45.4 Å². The van der Waals surface area contributed by atoms with Crippen molar-refractivity contribution in [1.29, 1.82) is 0 Å². The molecule has 0 unspecified atom stereocenters. The quantitative estimate of drug-likeness (QED) is 0.852. The Kier molecular flexibility index (Phi) is 5.45. The minimum Gasteiger partial charge on any atom is -0.354 e. The van der Waals surface area contributed by atoms with Gasteiger partial charge >= 0.3 is 0 Å². The zero-order chi connectivity index (χ0) is 13.5. The monoisotopic (exact) mass is 263 g/mol. The van der Waals surface area contributed by atoms with Crippen molar-refractivity contribution in [3.63, 3.8) is 0 Å². The second-order valence-electron chi connectivity index (χ2n) is 5.30. The molecule has 1 fully saturated rings. The van der Waals surface area contributed by atoms with Crippen LogP contribution in [0.15, 0.2) is 18.5 Å². The molecule has 1 aromatic heterocycles. The highest BCUT2D eigenvalue weighted by molar-refractivity contribution is 5.78. The first-order chi connectivity index (χ1) is 9.29. The number of carbonyl (C=O) groups is 1. The number of rotatable bonds is 6. The molecule has 0 bridgehead atoms. The van der Waals surface area contributed by atoms with Crippen LogP contribution in [0.2, 0.25) is 0 Å². The summed E-state index contributed by atoms with van der Waals surface area (Å²) in [6.45, 7) is 6.35. The van der Waals surface area contributed by atoms with Gasteiger partial charge in [0, 0.05) is 38.6 Å². The number of aryl methyl sites for hydroxylation is 1. The molecule has 0 atom stereocenters. The van der Waals surface area contributed by atoms with Crippen LogP contribution >= 0.6 is 0 Å². The molecule has 4 heteroatoms. The van der Waals surface area contributed by atoms with Crippen molar-refractivity contribution >= 4 is 5.91 Å². The number of nitrogens with zero attached hydrogens (tertiary/aromatic N) is 2. The lowest BCUT2D eigenvalue weighted by Crippen LogP contribution is -2.40. The standard InChI is InChI=1S/C15H25N3O/c1-2-7-17-10-6-14(13-17)11-16-12-15(19)18-8-4-3-5-9-18/h6,10,13,16H,2-5,7-9,11-12H2,1H3. The Morgan fingerprint density at radius 1 is 1.32 bits per heavy atom. The van der Waals surface area contributed by atoms with Crippen LogP contribution < -0.4 is 5.32 Å². The van der Waals surface area contributed by atoms with E-state index in [9.17, 15) is 4.79 Å². The molecule has 0 aliphatic carbocycles. The van der Waals surface area contributed by atoms with E-state index >= 15 is 0 Å². The van der Waals surface area contributed by atoms with E-state index < -0.39 is 0 Å². The highest BCUT2D eigenvalue weighted by Crippen LogP contribution is 2.08. The first-order valence-corrected chi connectivity index (χ1v) is 7.42. The number of hydrogen-bond donors (Lipinski definition) is 1. The number of piperidine rings is 1. The van der Waals surface area contributed by atoms with Gasteiger partial charge in [-0.2, -0.15) is 0 Å². The van der Waals surface area contributed by atoms with Crippen molar-refractivity contribution in [3.8, 4) is 0 Å². The van der Waals surface area contributed by atoms with Crippen molar-refractivity contribution in [2.75, 3.05) is 19.6 Å². The van der Waals surface area contributed by atoms with Crippen molar-refractivity contribution in [1.82, 2.24) is 14.8 Å². The van der Waals surface area contributed by atoms with Crippen LogP contribution in [-0.4, -0.2) is 35.0 Å². The molecule has 1 aromatic rings. The average molecular weight is 263 g/mol. The molecule has 2 rings (SSSR count). The summed E-state index contributed by atoms with van der Waals surface area (Å²) >= 11 is 0. The Bertz CT molecular complexity index is 394. The minimum atomic E-state index is 0.243. The second-order valence-corrected chi connectivity index (χ2v) is 5.30. The summed E-state index contributed by atoms with van der Waals surface area (Å²) in [5.41, 5.74) is 1.25. The highest BCUT2D eigenvalue weighted by Gasteiger charge is 2.15. The van der Waals surface area contributed by atoms with Gasteiger partial charge in [-0.1, -0.05) is 6.92 Å². The van der Waals surface area contributed by atoms with Crippen LogP contribution in [-0.2, 0) is 17.9 Å². The maximum atomic E-state index is 12.0. The van der Waals surface area contributed by atoms with Gasteiger partial charge in [0.05, 0.1) is 6.54 Å². The van der Waals surface area contributed by atoms with Crippen LogP contribution in [0.25, 0.3) is 0 Å². The SMILES string of the molecule is CCCn1ccc(CNCC(=O)N2CCCCC2)c1. The fraction of sp³-hybridized carbons (Fsp3) is 0.667. The molecule has 1 aliphatic heterocycles. The molecule has 106 valence electrons. The number of amides is 1. The fourth-order valence-corrected chi connectivity index (χ4v) is 2.56. The van der Waals surface area contributed by atoms with Gasteiger partial charge in [0.2, 0.25) is 5.91 Å². The summed E-state index contributed by atoms with van der Waals surface area (Å²) in [6, 6.07) is 2.12. The Hall–Kier alpha value is -1.29. The Labute approximate surface area is 115 Å². The van der Waals surface area contributed by atoms with Gasteiger partial charge in [-0.05, 0) is 37.3 Å². The van der Waals surface area contributed by atoms with Crippen molar-refractivity contribution in [2.24, 2.45) is 0 Å². The first-order valence-electron chi connectivity index (χ1n) is 7.42. The fourth-order valence-electron chi connectivity index (χ4n) is 2.56. The number of hydrogen-bond acceptors (Lipinski definition) is 2. The van der Waals surface area contributed by atoms with Crippen molar-refractivity contribution in [2.45, 2.75) is 45.7 Å². The van der Waals surface area contributed by atoms with Crippen LogP contribution in [0.3, 0.4) is 0 Å². The normalized spacial score (nSPS) is 15.7. The molecule has 1 N–H and O–H groups in total. The second kappa shape index (κ2) is 7.34. The summed E-state index contributed by atoms with van der Waals surface area (Å²) in [5, 5.41) is 3.25. The summed E-state index contributed by atoms with van der Waals surface area (Å²) in [4.78, 5) is 13.9. The van der Waals surface area contributed by atoms with Crippen LogP contribution in [0.5, 0.6) is 0 Å². The van der Waals surface area contributed by atoms with Crippen LogP contribution in [0, 0.1) is 0 Å². The van der Waals surface area contributed by atoms with Crippen molar-refractivity contribution < 1.29 is 4.79 Å². The minimum absolute atomic E-state index is 0.243. The Morgan fingerprint density at radius 3 is 2.84 bits per heavy atom. The molecule has 4 nitrogen and oxygen atoms in total. The summed E-state index contributed by atoms with van der Waals surface area (Å²) in [7, 11) is 0. The molecule has 0 radical (unpaired) electrons. The third-order valence-electron chi connectivity index (χ3n) is 3.61. The van der Waals surface area contributed by atoms with Gasteiger partial charge in [-0.25, -0.2) is 0 Å². The zero-order valence-corrected chi connectivity index (χ0v) is 11.9. The highest BCUT2D eigenvalue weighted by atomic mass is 16.2. The first kappa shape index (κ1) is 14.1. The predicted octanol–water partition coefficient (Wildman–Crippen LogP) is 2.00. The Balaban J connectivity index is 1.68. The number of aromatic nitrogens is 1. The van der Waals surface area contributed by atoms with E-state index in [-0.39, 0.29) is 5.91 Å². The molecular weight excluding hydrogens is 238 g/mol. The van der Waals surface area contributed by atoms with Gasteiger partial charge in [0.1, 0.15) is 0 Å². The third kappa shape index (κ3) is 4.39. The summed E-state index contributed by atoms with van der Waals surface area (Å²) in [5.74, 6) is 0.243. The van der Waals surface area contributed by atoms with Gasteiger partial charge in [-0.15, -0.1) is 0 Å². The predicted molar refractivity (Wildman–Crippen MR) is 76.9 cm³/mol. The molecule has 1 amide bonds. The Morgan fingerprint density at radius 2 is 2.11 bits per heavy atom. The van der Waals surface area contributed by atoms with E-state index in [1.165, 1.54) is 12.0 Å². The van der Waals surface area contributed by atoms with Crippen molar-refractivity contribution in [3.05, 3.63) is 24.0 Å². The average Bonchev–Trinajstić information content (AvgIpc) is 2.88. The molecule has 0 aromatic carbocycles. The number of likely N-dealkylation sites (tertiary alicyclic amines) is 1. The molecule has 2 heterocycles. The van der Waals surface area contributed by atoms with E-state index in [4.69, 9.17) is 0 Å². The van der Waals surface area contributed by atoms with Gasteiger partial charge < -0.3 is 14.8 Å². The van der Waals surface area contributed by atoms with E-state index in [0.29, 0.717) is 6.54 Å². The third-order valence-corrected chi connectivity index (χ3v) is 3.61.